The molecule has 0 bridgehead atoms. The summed E-state index contributed by atoms with van der Waals surface area (Å²) >= 11 is 6.34. The number of fused-ring (bicyclic) bond motifs is 3. The normalized spacial score (nSPS) is 20.5. The van der Waals surface area contributed by atoms with Gasteiger partial charge in [0.25, 0.3) is 11.5 Å². The first-order valence-corrected chi connectivity index (χ1v) is 24.7. The van der Waals surface area contributed by atoms with Crippen LogP contribution in [0.15, 0.2) is 78.4 Å². The van der Waals surface area contributed by atoms with Crippen LogP contribution in [0.1, 0.15) is 87.3 Å². The molecule has 3 N–H and O–H groups in total. The molecule has 2 fully saturated rings. The molecule has 2 saturated heterocycles. The van der Waals surface area contributed by atoms with Crippen molar-refractivity contribution in [1.29, 1.82) is 0 Å². The number of carbonyl (C=O) groups is 2. The number of piperidine rings is 1. The number of aliphatic hydroxyl groups is 1. The molecule has 376 valence electrons. The zero-order chi connectivity index (χ0) is 50.9. The Morgan fingerprint density at radius 1 is 0.986 bits per heavy atom. The number of aromatic nitrogens is 4. The Kier molecular flexibility index (Phi) is 13.2. The van der Waals surface area contributed by atoms with E-state index in [1.807, 2.05) is 18.2 Å². The third-order valence-electron chi connectivity index (χ3n) is 15.1. The van der Waals surface area contributed by atoms with Crippen LogP contribution < -0.4 is 30.9 Å². The van der Waals surface area contributed by atoms with Gasteiger partial charge in [0.2, 0.25) is 5.91 Å². The van der Waals surface area contributed by atoms with Crippen molar-refractivity contribution in [3.63, 3.8) is 0 Å². The van der Waals surface area contributed by atoms with Crippen LogP contribution in [-0.2, 0) is 43.3 Å². The van der Waals surface area contributed by atoms with Crippen LogP contribution in [0.2, 0.25) is 5.02 Å². The molecular weight excluding hydrogens is 933 g/mol. The number of piperazine rings is 1. The Hall–Kier alpha value is -6.17. The average Bonchev–Trinajstić information content (AvgIpc) is 3.82. The summed E-state index contributed by atoms with van der Waals surface area (Å²) in [6.07, 6.45) is 3.39. The van der Waals surface area contributed by atoms with Crippen molar-refractivity contribution >= 4 is 57.8 Å². The number of nitrogens with zero attached hydrogens (tertiary/aromatic N) is 8. The van der Waals surface area contributed by atoms with E-state index in [0.29, 0.717) is 65.9 Å². The predicted molar refractivity (Wildman–Crippen MR) is 273 cm³/mol. The van der Waals surface area contributed by atoms with Gasteiger partial charge in [-0.3, -0.25) is 24.2 Å². The van der Waals surface area contributed by atoms with E-state index >= 15 is 0 Å². The van der Waals surface area contributed by atoms with Crippen molar-refractivity contribution in [1.82, 2.24) is 24.0 Å². The van der Waals surface area contributed by atoms with Crippen molar-refractivity contribution in [2.75, 3.05) is 58.1 Å². The highest BCUT2D eigenvalue weighted by molar-refractivity contribution is 6.31. The van der Waals surface area contributed by atoms with Crippen LogP contribution in [0.3, 0.4) is 0 Å². The molecule has 5 aromatic rings. The van der Waals surface area contributed by atoms with E-state index in [0.717, 1.165) is 64.0 Å². The number of hydrogen-bond acceptors (Lipinski definition) is 10. The second kappa shape index (κ2) is 18.8. The summed E-state index contributed by atoms with van der Waals surface area (Å²) in [5.74, 6) is -0.241. The lowest BCUT2D eigenvalue weighted by Gasteiger charge is -2.48. The van der Waals surface area contributed by atoms with Gasteiger partial charge in [0, 0.05) is 110 Å². The molecule has 2 amide bonds. The molecule has 2 aromatic carbocycles. The molecule has 6 heterocycles. The molecule has 14 nitrogen and oxygen atoms in total. The third-order valence-corrected chi connectivity index (χ3v) is 15.4. The zero-order valence-electron chi connectivity index (χ0n) is 41.3. The Bertz CT molecular complexity index is 2980. The van der Waals surface area contributed by atoms with Gasteiger partial charge in [-0.25, -0.2) is 9.97 Å². The third kappa shape index (κ3) is 9.32. The zero-order valence-corrected chi connectivity index (χ0v) is 42.1. The van der Waals surface area contributed by atoms with Gasteiger partial charge in [-0.2, -0.15) is 13.2 Å². The van der Waals surface area contributed by atoms with Gasteiger partial charge < -0.3 is 34.7 Å². The first kappa shape index (κ1) is 49.8. The van der Waals surface area contributed by atoms with Crippen molar-refractivity contribution < 1.29 is 27.9 Å². The molecule has 18 heteroatoms. The fourth-order valence-corrected chi connectivity index (χ4v) is 11.5. The van der Waals surface area contributed by atoms with Crippen LogP contribution in [0.25, 0.3) is 11.3 Å². The Balaban J connectivity index is 0.913. The largest absolute Gasteiger partial charge is 0.397 e. The number of pyridine rings is 1. The monoisotopic (exact) mass is 994 g/mol. The number of rotatable bonds is 11. The molecule has 71 heavy (non-hydrogen) atoms. The molecule has 4 aliphatic rings. The number of nitrogens with one attached hydrogen (secondary N) is 2. The molecule has 3 aliphatic heterocycles. The standard InChI is InChI=1S/C53H62ClF3N10O4/c1-9-46(69)60-41-24-34(10-13-43(41)65-19-18-63(28-32(65)3)35-15-17-64(31(2)22-35)36-11-12-40(54)39(25-36)52(6,7)53(55,56)57)59-47-50(71)62(8)29-42(61-47)37-14-16-58-48(38(37)30-68)67-21-20-66-44(49(67)70)23-33-26-51(4,5)27-45(33)66/h9-14,16,23-25,29,31-32,35,68H,1,15,17-22,26-28,30H2,2-8H3,(H,59,61)(H,60,69)/t31-,32-,35?/m0/s1. The van der Waals surface area contributed by atoms with E-state index in [1.165, 1.54) is 21.9 Å². The molecule has 0 spiro atoms. The van der Waals surface area contributed by atoms with Gasteiger partial charge in [0.1, 0.15) is 11.5 Å². The Morgan fingerprint density at radius 2 is 1.76 bits per heavy atom. The Labute approximate surface area is 417 Å². The van der Waals surface area contributed by atoms with Crippen molar-refractivity contribution in [2.45, 2.75) is 110 Å². The van der Waals surface area contributed by atoms with E-state index in [-0.39, 0.29) is 45.9 Å². The second-order valence-electron chi connectivity index (χ2n) is 20.9. The predicted octanol–water partition coefficient (Wildman–Crippen LogP) is 8.85. The highest BCUT2D eigenvalue weighted by atomic mass is 35.5. The number of amides is 2. The van der Waals surface area contributed by atoms with Crippen LogP contribution in [0.4, 0.5) is 47.6 Å². The Morgan fingerprint density at radius 3 is 2.46 bits per heavy atom. The second-order valence-corrected chi connectivity index (χ2v) is 21.3. The van der Waals surface area contributed by atoms with E-state index in [1.54, 1.807) is 54.7 Å². The van der Waals surface area contributed by atoms with E-state index in [2.05, 4.69) is 69.2 Å². The summed E-state index contributed by atoms with van der Waals surface area (Å²) in [6, 6.07) is 14.6. The summed E-state index contributed by atoms with van der Waals surface area (Å²) in [6.45, 7) is 18.1. The topological polar surface area (TPSA) is 144 Å². The van der Waals surface area contributed by atoms with Crippen molar-refractivity contribution in [2.24, 2.45) is 12.5 Å². The number of aliphatic hydroxyl groups excluding tert-OH is 1. The first-order valence-electron chi connectivity index (χ1n) is 24.3. The quantitative estimate of drug-likeness (QED) is 0.110. The molecular formula is C53H62ClF3N10O4. The summed E-state index contributed by atoms with van der Waals surface area (Å²) in [4.78, 5) is 58.6. The number of carbonyl (C=O) groups excluding carboxylic acids is 2. The fraction of sp³-hybridized carbons (Fsp3) is 0.453. The van der Waals surface area contributed by atoms with Gasteiger partial charge in [-0.05, 0) is 125 Å². The maximum absolute atomic E-state index is 14.1. The molecule has 1 unspecified atom stereocenters. The van der Waals surface area contributed by atoms with Gasteiger partial charge in [0.15, 0.2) is 5.82 Å². The number of anilines is 6. The van der Waals surface area contributed by atoms with Crippen LogP contribution in [0, 0.1) is 5.41 Å². The minimum Gasteiger partial charge on any atom is -0.392 e. The lowest BCUT2D eigenvalue weighted by atomic mass is 9.83. The number of benzene rings is 2. The number of alkyl halides is 3. The summed E-state index contributed by atoms with van der Waals surface area (Å²) in [5.41, 5.74) is 4.56. The first-order chi connectivity index (χ1) is 33.6. The highest BCUT2D eigenvalue weighted by Crippen LogP contribution is 2.45. The smallest absolute Gasteiger partial charge is 0.392 e. The van der Waals surface area contributed by atoms with Crippen LogP contribution in [-0.4, -0.2) is 97.9 Å². The number of hydrogen-bond donors (Lipinski definition) is 3. The highest BCUT2D eigenvalue weighted by Gasteiger charge is 2.50. The average molecular weight is 996 g/mol. The molecule has 3 atom stereocenters. The number of halogens is 4. The molecule has 0 radical (unpaired) electrons. The molecule has 9 rings (SSSR count). The van der Waals surface area contributed by atoms with Gasteiger partial charge in [-0.15, -0.1) is 0 Å². The number of aryl methyl sites for hydroxylation is 1. The molecule has 1 aliphatic carbocycles. The minimum atomic E-state index is -4.46. The van der Waals surface area contributed by atoms with Crippen LogP contribution >= 0.6 is 11.6 Å². The molecule has 0 saturated carbocycles. The maximum Gasteiger partial charge on any atom is 0.397 e. The molecule has 3 aromatic heterocycles. The van der Waals surface area contributed by atoms with Crippen LogP contribution in [0.5, 0.6) is 0 Å². The lowest BCUT2D eigenvalue weighted by Crippen LogP contribution is -2.58. The van der Waals surface area contributed by atoms with Gasteiger partial charge in [0.05, 0.1) is 29.1 Å². The lowest BCUT2D eigenvalue weighted by molar-refractivity contribution is -0.180. The van der Waals surface area contributed by atoms with E-state index in [4.69, 9.17) is 16.6 Å². The van der Waals surface area contributed by atoms with E-state index in [9.17, 15) is 32.7 Å². The summed E-state index contributed by atoms with van der Waals surface area (Å²) in [5, 5.41) is 17.1. The summed E-state index contributed by atoms with van der Waals surface area (Å²) < 4.78 is 45.7. The SMILES string of the molecule is C=CC(=O)Nc1cc(Nc2nc(-c3ccnc(N4CCn5c(cc6c5CC(C)(C)C6)C4=O)c3CO)cn(C)c2=O)ccc1N1CCN(C2CCN(c3ccc(Cl)c(C(C)(C)C(F)(F)F)c3)[C@@H](C)C2)C[C@@H]1C. The van der Waals surface area contributed by atoms with Gasteiger partial charge >= 0.3 is 6.18 Å². The minimum absolute atomic E-state index is 0.00854. The fourth-order valence-electron chi connectivity index (χ4n) is 11.2. The summed E-state index contributed by atoms with van der Waals surface area (Å²) in [7, 11) is 1.61. The van der Waals surface area contributed by atoms with Crippen molar-refractivity contribution in [3.05, 3.63) is 117 Å². The van der Waals surface area contributed by atoms with E-state index < -0.39 is 29.7 Å². The maximum atomic E-state index is 14.1. The van der Waals surface area contributed by atoms with Gasteiger partial charge in [-0.1, -0.05) is 32.0 Å². The van der Waals surface area contributed by atoms with Crippen molar-refractivity contribution in [3.8, 4) is 11.3 Å².